The molecule has 4 rings (SSSR count). The van der Waals surface area contributed by atoms with Crippen LogP contribution in [0.5, 0.6) is 5.75 Å². The van der Waals surface area contributed by atoms with Crippen molar-refractivity contribution in [2.24, 2.45) is 0 Å². The predicted octanol–water partition coefficient (Wildman–Crippen LogP) is 4.36. The Bertz CT molecular complexity index is 946. The topological polar surface area (TPSA) is 42.0 Å². The number of thiophene rings is 1. The van der Waals surface area contributed by atoms with Gasteiger partial charge in [0.25, 0.3) is 0 Å². The zero-order valence-corrected chi connectivity index (χ0v) is 17.9. The van der Waals surface area contributed by atoms with Gasteiger partial charge in [0, 0.05) is 25.1 Å². The average Bonchev–Trinajstić information content (AvgIpc) is 3.30. The van der Waals surface area contributed by atoms with Gasteiger partial charge < -0.3 is 9.47 Å². The molecule has 1 atom stereocenters. The Morgan fingerprint density at radius 3 is 2.70 bits per heavy atom. The van der Waals surface area contributed by atoms with Crippen LogP contribution < -0.4 is 9.64 Å². The second kappa shape index (κ2) is 9.89. The summed E-state index contributed by atoms with van der Waals surface area (Å²) in [4.78, 5) is 18.9. The lowest BCUT2D eigenvalue weighted by molar-refractivity contribution is -0.121. The van der Waals surface area contributed by atoms with Crippen LogP contribution in [0.4, 0.5) is 5.69 Å². The van der Waals surface area contributed by atoms with Gasteiger partial charge in [-0.15, -0.1) is 11.3 Å². The normalized spacial score (nSPS) is 15.7. The smallest absolute Gasteiger partial charge is 0.241 e. The minimum absolute atomic E-state index is 0.0623. The maximum Gasteiger partial charge on any atom is 0.241 e. The molecule has 0 spiro atoms. The summed E-state index contributed by atoms with van der Waals surface area (Å²) < 4.78 is 11.3. The Morgan fingerprint density at radius 1 is 1.13 bits per heavy atom. The summed E-state index contributed by atoms with van der Waals surface area (Å²) >= 11 is 1.71. The number of hydrogen-bond acceptors (Lipinski definition) is 5. The van der Waals surface area contributed by atoms with E-state index >= 15 is 0 Å². The van der Waals surface area contributed by atoms with Crippen molar-refractivity contribution >= 4 is 22.9 Å². The number of anilines is 1. The van der Waals surface area contributed by atoms with Crippen LogP contribution >= 0.6 is 11.3 Å². The van der Waals surface area contributed by atoms with Gasteiger partial charge in [-0.1, -0.05) is 48.5 Å². The second-order valence-electron chi connectivity index (χ2n) is 7.25. The van der Waals surface area contributed by atoms with Crippen molar-refractivity contribution in [3.05, 3.63) is 82.6 Å². The van der Waals surface area contributed by atoms with Crippen molar-refractivity contribution in [3.8, 4) is 5.75 Å². The van der Waals surface area contributed by atoms with Crippen molar-refractivity contribution in [2.75, 3.05) is 38.3 Å². The van der Waals surface area contributed by atoms with Crippen molar-refractivity contribution in [2.45, 2.75) is 12.6 Å². The van der Waals surface area contributed by atoms with E-state index in [0.29, 0.717) is 26.3 Å². The number of ether oxygens (including phenoxy) is 2. The first-order chi connectivity index (χ1) is 14.8. The third-order valence-corrected chi connectivity index (χ3v) is 6.08. The molecule has 1 aliphatic heterocycles. The van der Waals surface area contributed by atoms with Crippen LogP contribution in [0.2, 0.25) is 0 Å². The Morgan fingerprint density at radius 2 is 1.93 bits per heavy atom. The van der Waals surface area contributed by atoms with Crippen molar-refractivity contribution in [3.63, 3.8) is 0 Å². The number of para-hydroxylation sites is 2. The highest BCUT2D eigenvalue weighted by Crippen LogP contribution is 2.39. The molecule has 0 N–H and O–H groups in total. The van der Waals surface area contributed by atoms with Crippen LogP contribution in [0.1, 0.15) is 16.5 Å². The van der Waals surface area contributed by atoms with E-state index in [4.69, 9.17) is 9.47 Å². The summed E-state index contributed by atoms with van der Waals surface area (Å²) in [7, 11) is 1.69. The standard InChI is InChI=1S/C24H26N2O3S/c1-28-14-13-25(16-20-10-7-15-30-20)17-24(27)26-21-11-5-6-12-23(21)29-18-22(26)19-8-3-2-4-9-19/h2-12,15,22H,13-14,16-18H2,1H3/t22-/m0/s1. The number of amides is 1. The Labute approximate surface area is 181 Å². The van der Waals surface area contributed by atoms with Crippen LogP contribution in [-0.2, 0) is 16.1 Å². The number of carbonyl (C=O) groups excluding carboxylic acids is 1. The van der Waals surface area contributed by atoms with E-state index in [0.717, 1.165) is 23.5 Å². The summed E-state index contributed by atoms with van der Waals surface area (Å²) in [5.41, 5.74) is 1.90. The van der Waals surface area contributed by atoms with Gasteiger partial charge >= 0.3 is 0 Å². The average molecular weight is 423 g/mol. The molecule has 0 unspecified atom stereocenters. The summed E-state index contributed by atoms with van der Waals surface area (Å²) in [6.45, 7) is 2.77. The first kappa shape index (κ1) is 20.6. The van der Waals surface area contributed by atoms with Crippen molar-refractivity contribution in [1.29, 1.82) is 0 Å². The summed E-state index contributed by atoms with van der Waals surface area (Å²) in [6, 6.07) is 21.8. The molecule has 0 bridgehead atoms. The molecule has 6 heteroatoms. The number of nitrogens with zero attached hydrogens (tertiary/aromatic N) is 2. The molecule has 156 valence electrons. The highest BCUT2D eigenvalue weighted by atomic mass is 32.1. The molecule has 30 heavy (non-hydrogen) atoms. The maximum atomic E-state index is 13.6. The number of methoxy groups -OCH3 is 1. The van der Waals surface area contributed by atoms with Crippen molar-refractivity contribution < 1.29 is 14.3 Å². The summed E-state index contributed by atoms with van der Waals surface area (Å²) in [6.07, 6.45) is 0. The molecule has 1 amide bonds. The van der Waals surface area contributed by atoms with Crippen LogP contribution in [0.3, 0.4) is 0 Å². The van der Waals surface area contributed by atoms with Gasteiger partial charge in [-0.25, -0.2) is 0 Å². The van der Waals surface area contributed by atoms with Crippen LogP contribution in [0, 0.1) is 0 Å². The molecular weight excluding hydrogens is 396 g/mol. The van der Waals surface area contributed by atoms with Crippen LogP contribution in [-0.4, -0.2) is 44.2 Å². The zero-order valence-electron chi connectivity index (χ0n) is 17.1. The quantitative estimate of drug-likeness (QED) is 0.541. The van der Waals surface area contributed by atoms with Crippen molar-refractivity contribution in [1.82, 2.24) is 4.90 Å². The van der Waals surface area contributed by atoms with Gasteiger partial charge in [-0.05, 0) is 29.1 Å². The van der Waals surface area contributed by atoms with E-state index in [1.807, 2.05) is 53.4 Å². The third-order valence-electron chi connectivity index (χ3n) is 5.22. The lowest BCUT2D eigenvalue weighted by Crippen LogP contribution is -2.46. The molecule has 0 aliphatic carbocycles. The molecule has 2 aromatic carbocycles. The lowest BCUT2D eigenvalue weighted by Gasteiger charge is -2.38. The van der Waals surface area contributed by atoms with E-state index in [1.54, 1.807) is 18.4 Å². The molecule has 0 saturated carbocycles. The van der Waals surface area contributed by atoms with E-state index in [2.05, 4.69) is 28.5 Å². The number of carbonyl (C=O) groups is 1. The van der Waals surface area contributed by atoms with Crippen LogP contribution in [0.25, 0.3) is 0 Å². The molecule has 3 aromatic rings. The number of rotatable bonds is 8. The number of fused-ring (bicyclic) bond motifs is 1. The molecule has 0 fully saturated rings. The van der Waals surface area contributed by atoms with Gasteiger partial charge in [0.05, 0.1) is 24.9 Å². The van der Waals surface area contributed by atoms with Gasteiger partial charge in [0.1, 0.15) is 12.4 Å². The Hall–Kier alpha value is -2.67. The first-order valence-electron chi connectivity index (χ1n) is 10.1. The molecule has 1 aliphatic rings. The predicted molar refractivity (Wildman–Crippen MR) is 120 cm³/mol. The number of hydrogen-bond donors (Lipinski definition) is 0. The molecule has 1 aromatic heterocycles. The number of benzene rings is 2. The summed E-state index contributed by atoms with van der Waals surface area (Å²) in [5, 5.41) is 2.06. The SMILES string of the molecule is COCCN(CC(=O)N1c2ccccc2OC[C@H]1c1ccccc1)Cc1cccs1. The van der Waals surface area contributed by atoms with Gasteiger partial charge in [0.15, 0.2) is 0 Å². The highest BCUT2D eigenvalue weighted by molar-refractivity contribution is 7.09. The van der Waals surface area contributed by atoms with Gasteiger partial charge in [0.2, 0.25) is 5.91 Å². The fourth-order valence-corrected chi connectivity index (χ4v) is 4.49. The Kier molecular flexibility index (Phi) is 6.79. The third kappa shape index (κ3) is 4.73. The van der Waals surface area contributed by atoms with Crippen LogP contribution in [0.15, 0.2) is 72.1 Å². The first-order valence-corrected chi connectivity index (χ1v) is 11.0. The minimum Gasteiger partial charge on any atom is -0.489 e. The van der Waals surface area contributed by atoms with E-state index in [-0.39, 0.29) is 11.9 Å². The molecule has 0 radical (unpaired) electrons. The fourth-order valence-electron chi connectivity index (χ4n) is 3.74. The molecular formula is C24H26N2O3S. The maximum absolute atomic E-state index is 13.6. The zero-order chi connectivity index (χ0) is 20.8. The monoisotopic (exact) mass is 422 g/mol. The van der Waals surface area contributed by atoms with Gasteiger partial charge in [-0.3, -0.25) is 14.6 Å². The van der Waals surface area contributed by atoms with E-state index < -0.39 is 0 Å². The van der Waals surface area contributed by atoms with E-state index in [9.17, 15) is 4.79 Å². The highest BCUT2D eigenvalue weighted by Gasteiger charge is 2.33. The summed E-state index contributed by atoms with van der Waals surface area (Å²) in [5.74, 6) is 0.812. The largest absolute Gasteiger partial charge is 0.489 e. The fraction of sp³-hybridized carbons (Fsp3) is 0.292. The Balaban J connectivity index is 1.60. The minimum atomic E-state index is -0.153. The second-order valence-corrected chi connectivity index (χ2v) is 8.28. The lowest BCUT2D eigenvalue weighted by atomic mass is 10.0. The molecule has 2 heterocycles. The van der Waals surface area contributed by atoms with E-state index in [1.165, 1.54) is 4.88 Å². The van der Waals surface area contributed by atoms with Gasteiger partial charge in [-0.2, -0.15) is 0 Å². The molecule has 0 saturated heterocycles. The molecule has 5 nitrogen and oxygen atoms in total.